The van der Waals surface area contributed by atoms with E-state index in [-0.39, 0.29) is 18.1 Å². The van der Waals surface area contributed by atoms with Crippen LogP contribution in [0.15, 0.2) is 35.7 Å². The zero-order valence-corrected chi connectivity index (χ0v) is 14.6. The Morgan fingerprint density at radius 1 is 1.29 bits per heavy atom. The van der Waals surface area contributed by atoms with Crippen LogP contribution in [0.2, 0.25) is 0 Å². The highest BCUT2D eigenvalue weighted by atomic mass is 32.1. The number of nitrogens with one attached hydrogen (secondary N) is 2. The van der Waals surface area contributed by atoms with Crippen molar-refractivity contribution in [2.45, 2.75) is 50.8 Å². The normalized spacial score (nSPS) is 21.9. The molecule has 1 saturated carbocycles. The summed E-state index contributed by atoms with van der Waals surface area (Å²) in [5.41, 5.74) is 1.99. The number of carbonyl (C=O) groups is 1. The van der Waals surface area contributed by atoms with Gasteiger partial charge in [0.05, 0.1) is 23.9 Å². The van der Waals surface area contributed by atoms with Crippen LogP contribution in [0.25, 0.3) is 11.3 Å². The van der Waals surface area contributed by atoms with Crippen LogP contribution in [0.5, 0.6) is 0 Å². The number of amides is 2. The maximum absolute atomic E-state index is 12.2. The minimum atomic E-state index is -0.440. The van der Waals surface area contributed by atoms with Gasteiger partial charge in [-0.15, -0.1) is 11.3 Å². The molecule has 0 saturated heterocycles. The molecule has 128 valence electrons. The molecule has 1 heterocycles. The first kappa shape index (κ1) is 16.9. The highest BCUT2D eigenvalue weighted by Gasteiger charge is 2.25. The Balaban J connectivity index is 1.57. The minimum Gasteiger partial charge on any atom is -0.391 e. The number of nitrogens with zero attached hydrogens (tertiary/aromatic N) is 1. The molecule has 2 amide bonds. The number of benzene rings is 1. The van der Waals surface area contributed by atoms with Gasteiger partial charge < -0.3 is 15.7 Å². The van der Waals surface area contributed by atoms with Gasteiger partial charge in [0.15, 0.2) is 0 Å². The summed E-state index contributed by atoms with van der Waals surface area (Å²) in [4.78, 5) is 16.8. The van der Waals surface area contributed by atoms with E-state index in [0.29, 0.717) is 0 Å². The lowest BCUT2D eigenvalue weighted by Gasteiger charge is -2.28. The van der Waals surface area contributed by atoms with E-state index in [1.54, 1.807) is 0 Å². The number of rotatable bonds is 4. The summed E-state index contributed by atoms with van der Waals surface area (Å²) in [6.07, 6.45) is 3.22. The Morgan fingerprint density at radius 3 is 2.79 bits per heavy atom. The van der Waals surface area contributed by atoms with Gasteiger partial charge in [0, 0.05) is 10.9 Å². The molecule has 5 nitrogen and oxygen atoms in total. The Hall–Kier alpha value is -1.92. The quantitative estimate of drug-likeness (QED) is 0.794. The topological polar surface area (TPSA) is 74.2 Å². The summed E-state index contributed by atoms with van der Waals surface area (Å²) >= 11 is 1.54. The number of aliphatic hydroxyl groups is 1. The first-order chi connectivity index (χ1) is 11.6. The molecule has 3 unspecified atom stereocenters. The van der Waals surface area contributed by atoms with E-state index >= 15 is 0 Å². The molecular weight excluding hydrogens is 322 g/mol. The fraction of sp³-hybridized carbons (Fsp3) is 0.444. The molecule has 0 bridgehead atoms. The van der Waals surface area contributed by atoms with Gasteiger partial charge in [-0.2, -0.15) is 0 Å². The van der Waals surface area contributed by atoms with Crippen LogP contribution in [-0.4, -0.2) is 28.3 Å². The molecule has 0 radical (unpaired) electrons. The smallest absolute Gasteiger partial charge is 0.315 e. The maximum atomic E-state index is 12.2. The number of urea groups is 1. The summed E-state index contributed by atoms with van der Waals surface area (Å²) in [6, 6.07) is 9.42. The maximum Gasteiger partial charge on any atom is 0.315 e. The zero-order chi connectivity index (χ0) is 16.9. The molecule has 1 aliphatic rings. The number of hydrogen-bond donors (Lipinski definition) is 3. The van der Waals surface area contributed by atoms with Crippen molar-refractivity contribution in [1.82, 2.24) is 15.6 Å². The van der Waals surface area contributed by atoms with E-state index in [2.05, 4.69) is 15.6 Å². The molecule has 24 heavy (non-hydrogen) atoms. The molecule has 2 aromatic rings. The Morgan fingerprint density at radius 2 is 2.04 bits per heavy atom. The highest BCUT2D eigenvalue weighted by molar-refractivity contribution is 7.10. The number of hydrogen-bond acceptors (Lipinski definition) is 4. The first-order valence-electron chi connectivity index (χ1n) is 8.39. The third-order valence-corrected chi connectivity index (χ3v) is 5.38. The van der Waals surface area contributed by atoms with Gasteiger partial charge in [-0.05, 0) is 19.8 Å². The lowest BCUT2D eigenvalue weighted by Crippen LogP contribution is -2.49. The monoisotopic (exact) mass is 345 g/mol. The van der Waals surface area contributed by atoms with E-state index in [9.17, 15) is 9.90 Å². The van der Waals surface area contributed by atoms with Gasteiger partial charge in [0.2, 0.25) is 0 Å². The van der Waals surface area contributed by atoms with E-state index in [4.69, 9.17) is 0 Å². The van der Waals surface area contributed by atoms with Gasteiger partial charge in [-0.3, -0.25) is 0 Å². The highest BCUT2D eigenvalue weighted by Crippen LogP contribution is 2.25. The molecule has 6 heteroatoms. The molecule has 3 rings (SSSR count). The summed E-state index contributed by atoms with van der Waals surface area (Å²) in [7, 11) is 0. The predicted octanol–water partition coefficient (Wildman–Crippen LogP) is 3.47. The summed E-state index contributed by atoms with van der Waals surface area (Å²) in [6.45, 7) is 1.92. The number of thiazole rings is 1. The van der Waals surface area contributed by atoms with Crippen molar-refractivity contribution in [3.63, 3.8) is 0 Å². The van der Waals surface area contributed by atoms with E-state index in [0.717, 1.165) is 41.9 Å². The van der Waals surface area contributed by atoms with Gasteiger partial charge in [-0.1, -0.05) is 43.2 Å². The van der Waals surface area contributed by atoms with Gasteiger partial charge >= 0.3 is 6.03 Å². The second-order valence-corrected chi connectivity index (χ2v) is 7.12. The molecular formula is C18H23N3O2S. The third-order valence-electron chi connectivity index (χ3n) is 4.36. The van der Waals surface area contributed by atoms with Crippen molar-refractivity contribution in [3.8, 4) is 11.3 Å². The van der Waals surface area contributed by atoms with Crippen LogP contribution in [0.1, 0.15) is 43.7 Å². The lowest BCUT2D eigenvalue weighted by atomic mass is 9.93. The van der Waals surface area contributed by atoms with Crippen LogP contribution in [-0.2, 0) is 0 Å². The zero-order valence-electron chi connectivity index (χ0n) is 13.7. The molecule has 1 fully saturated rings. The molecule has 3 atom stereocenters. The van der Waals surface area contributed by atoms with Crippen molar-refractivity contribution in [2.75, 3.05) is 0 Å². The largest absolute Gasteiger partial charge is 0.391 e. The number of carbonyl (C=O) groups excluding carboxylic acids is 1. The molecule has 1 aliphatic carbocycles. The standard InChI is InChI=1S/C18H23N3O2S/c1-12(19-18(23)21-14-9-5-6-10-16(14)22)17-20-15(11-24-17)13-7-3-2-4-8-13/h2-4,7-8,11-12,14,16,22H,5-6,9-10H2,1H3,(H2,19,21,23). The van der Waals surface area contributed by atoms with Gasteiger partial charge in [0.25, 0.3) is 0 Å². The van der Waals surface area contributed by atoms with Gasteiger partial charge in [0.1, 0.15) is 5.01 Å². The van der Waals surface area contributed by atoms with Crippen molar-refractivity contribution in [3.05, 3.63) is 40.7 Å². The van der Waals surface area contributed by atoms with Crippen LogP contribution >= 0.6 is 11.3 Å². The predicted molar refractivity (Wildman–Crippen MR) is 95.9 cm³/mol. The molecule has 0 spiro atoms. The van der Waals surface area contributed by atoms with Crippen LogP contribution < -0.4 is 10.6 Å². The Kier molecular flexibility index (Phi) is 5.48. The molecule has 0 aliphatic heterocycles. The average Bonchev–Trinajstić information content (AvgIpc) is 3.08. The second kappa shape index (κ2) is 7.77. The van der Waals surface area contributed by atoms with E-state index < -0.39 is 6.10 Å². The fourth-order valence-corrected chi connectivity index (χ4v) is 3.81. The van der Waals surface area contributed by atoms with Crippen LogP contribution in [0.4, 0.5) is 4.79 Å². The second-order valence-electron chi connectivity index (χ2n) is 6.23. The molecule has 3 N–H and O–H groups in total. The Labute approximate surface area is 146 Å². The summed E-state index contributed by atoms with van der Waals surface area (Å²) < 4.78 is 0. The summed E-state index contributed by atoms with van der Waals surface area (Å²) in [5, 5.41) is 18.6. The average molecular weight is 345 g/mol. The van der Waals surface area contributed by atoms with Crippen molar-refractivity contribution in [2.24, 2.45) is 0 Å². The van der Waals surface area contributed by atoms with Crippen molar-refractivity contribution in [1.29, 1.82) is 0 Å². The first-order valence-corrected chi connectivity index (χ1v) is 9.27. The number of aliphatic hydroxyl groups excluding tert-OH is 1. The van der Waals surface area contributed by atoms with Crippen molar-refractivity contribution < 1.29 is 9.90 Å². The lowest BCUT2D eigenvalue weighted by molar-refractivity contribution is 0.0941. The minimum absolute atomic E-state index is 0.151. The SMILES string of the molecule is CC(NC(=O)NC1CCCCC1O)c1nc(-c2ccccc2)cs1. The van der Waals surface area contributed by atoms with Crippen LogP contribution in [0, 0.1) is 0 Å². The summed E-state index contributed by atoms with van der Waals surface area (Å²) in [5.74, 6) is 0. The molecule has 1 aromatic heterocycles. The van der Waals surface area contributed by atoms with Crippen LogP contribution in [0.3, 0.4) is 0 Å². The van der Waals surface area contributed by atoms with Crippen molar-refractivity contribution >= 4 is 17.4 Å². The third kappa shape index (κ3) is 4.13. The van der Waals surface area contributed by atoms with Gasteiger partial charge in [-0.25, -0.2) is 9.78 Å². The van der Waals surface area contributed by atoms with E-state index in [1.165, 1.54) is 11.3 Å². The molecule has 1 aromatic carbocycles. The fourth-order valence-electron chi connectivity index (χ4n) is 2.98. The number of aromatic nitrogens is 1. The van der Waals surface area contributed by atoms with E-state index in [1.807, 2.05) is 42.6 Å². The Bertz CT molecular complexity index is 674.